The van der Waals surface area contributed by atoms with Gasteiger partial charge in [0.05, 0.1) is 11.8 Å². The molecule has 0 unspecified atom stereocenters. The summed E-state index contributed by atoms with van der Waals surface area (Å²) < 4.78 is 34.5. The molecule has 194 valence electrons. The first-order valence-corrected chi connectivity index (χ1v) is 13.9. The number of alkyl carbamates (subject to hydrolysis) is 1. The fourth-order valence-electron chi connectivity index (χ4n) is 4.29. The summed E-state index contributed by atoms with van der Waals surface area (Å²) in [6, 6.07) is 1.53. The van der Waals surface area contributed by atoms with Gasteiger partial charge in [0.1, 0.15) is 5.60 Å². The smallest absolute Gasteiger partial charge is 0.407 e. The van der Waals surface area contributed by atoms with Crippen molar-refractivity contribution in [2.75, 3.05) is 35.6 Å². The highest BCUT2D eigenvalue weighted by atomic mass is 35.5. The highest BCUT2D eigenvalue weighted by molar-refractivity contribution is 7.89. The van der Waals surface area contributed by atoms with E-state index in [2.05, 4.69) is 30.4 Å². The summed E-state index contributed by atoms with van der Waals surface area (Å²) in [4.78, 5) is 23.2. The van der Waals surface area contributed by atoms with Gasteiger partial charge < -0.3 is 20.3 Å². The molecule has 35 heavy (non-hydrogen) atoms. The van der Waals surface area contributed by atoms with Crippen LogP contribution in [0.5, 0.6) is 0 Å². The Morgan fingerprint density at radius 1 is 1.20 bits per heavy atom. The Hall–Kier alpha value is -2.38. The predicted molar refractivity (Wildman–Crippen MR) is 133 cm³/mol. The van der Waals surface area contributed by atoms with Crippen molar-refractivity contribution in [3.05, 3.63) is 11.2 Å². The third-order valence-electron chi connectivity index (χ3n) is 5.83. The SMILES string of the molecule is CC(C)(C)OC(=O)N[C@H]1CCN(c2nc(NCCS(=O)(=O)NC3CCCC3)n3nc(Cl)cc3n2)C1. The van der Waals surface area contributed by atoms with Crippen LogP contribution in [0.2, 0.25) is 5.15 Å². The molecule has 2 aromatic rings. The van der Waals surface area contributed by atoms with Crippen molar-refractivity contribution in [3.8, 4) is 0 Å². The third kappa shape index (κ3) is 7.07. The zero-order valence-electron chi connectivity index (χ0n) is 20.3. The lowest BCUT2D eigenvalue weighted by Crippen LogP contribution is -2.40. The van der Waals surface area contributed by atoms with Crippen LogP contribution in [0.1, 0.15) is 52.9 Å². The normalized spacial score (nSPS) is 19.4. The molecule has 3 heterocycles. The second-order valence-electron chi connectivity index (χ2n) is 10.0. The van der Waals surface area contributed by atoms with Gasteiger partial charge in [-0.05, 0) is 40.0 Å². The van der Waals surface area contributed by atoms with Crippen molar-refractivity contribution in [1.29, 1.82) is 0 Å². The molecule has 4 rings (SSSR count). The maximum atomic E-state index is 12.5. The molecular weight excluding hydrogens is 496 g/mol. The summed E-state index contributed by atoms with van der Waals surface area (Å²) >= 11 is 6.09. The van der Waals surface area contributed by atoms with Crippen molar-refractivity contribution in [3.63, 3.8) is 0 Å². The number of anilines is 2. The molecule has 3 N–H and O–H groups in total. The van der Waals surface area contributed by atoms with E-state index >= 15 is 0 Å². The van der Waals surface area contributed by atoms with Crippen LogP contribution in [-0.2, 0) is 14.8 Å². The lowest BCUT2D eigenvalue weighted by atomic mass is 10.2. The van der Waals surface area contributed by atoms with Crippen molar-refractivity contribution in [2.24, 2.45) is 0 Å². The van der Waals surface area contributed by atoms with Gasteiger partial charge in [-0.15, -0.1) is 0 Å². The van der Waals surface area contributed by atoms with E-state index in [1.165, 1.54) is 4.52 Å². The first-order chi connectivity index (χ1) is 16.5. The van der Waals surface area contributed by atoms with Crippen LogP contribution in [0.4, 0.5) is 16.7 Å². The molecule has 14 heteroatoms. The number of halogens is 1. The molecule has 1 saturated heterocycles. The summed E-state index contributed by atoms with van der Waals surface area (Å²) in [5.41, 5.74) is -0.0867. The van der Waals surface area contributed by atoms with Crippen LogP contribution in [0.15, 0.2) is 6.07 Å². The van der Waals surface area contributed by atoms with E-state index in [-0.39, 0.29) is 29.5 Å². The van der Waals surface area contributed by atoms with Crippen LogP contribution < -0.4 is 20.3 Å². The number of sulfonamides is 1. The Morgan fingerprint density at radius 2 is 1.94 bits per heavy atom. The minimum atomic E-state index is -3.42. The number of amides is 1. The Morgan fingerprint density at radius 3 is 2.66 bits per heavy atom. The van der Waals surface area contributed by atoms with Crippen LogP contribution in [0, 0.1) is 0 Å². The quantitative estimate of drug-likeness (QED) is 0.469. The van der Waals surface area contributed by atoms with Crippen molar-refractivity contribution in [2.45, 2.75) is 70.6 Å². The third-order valence-corrected chi connectivity index (χ3v) is 7.45. The number of rotatable bonds is 8. The van der Waals surface area contributed by atoms with E-state index in [9.17, 15) is 13.2 Å². The van der Waals surface area contributed by atoms with E-state index in [4.69, 9.17) is 16.3 Å². The Balaban J connectivity index is 1.41. The molecule has 0 radical (unpaired) electrons. The lowest BCUT2D eigenvalue weighted by molar-refractivity contribution is 0.0509. The Bertz CT molecular complexity index is 1160. The molecule has 2 aromatic heterocycles. The minimum Gasteiger partial charge on any atom is -0.444 e. The van der Waals surface area contributed by atoms with Gasteiger partial charge in [0.2, 0.25) is 21.9 Å². The molecule has 2 fully saturated rings. The van der Waals surface area contributed by atoms with Gasteiger partial charge in [-0.3, -0.25) is 0 Å². The molecule has 1 aliphatic heterocycles. The molecule has 0 spiro atoms. The number of aromatic nitrogens is 4. The van der Waals surface area contributed by atoms with E-state index in [1.807, 2.05) is 25.7 Å². The van der Waals surface area contributed by atoms with E-state index in [0.717, 1.165) is 25.7 Å². The van der Waals surface area contributed by atoms with Crippen molar-refractivity contribution in [1.82, 2.24) is 29.6 Å². The molecule has 12 nitrogen and oxygen atoms in total. The zero-order chi connectivity index (χ0) is 25.2. The first kappa shape index (κ1) is 25.7. The lowest BCUT2D eigenvalue weighted by Gasteiger charge is -2.22. The van der Waals surface area contributed by atoms with Gasteiger partial charge in [-0.25, -0.2) is 17.9 Å². The maximum absolute atomic E-state index is 12.5. The monoisotopic (exact) mass is 528 g/mol. The number of nitrogens with zero attached hydrogens (tertiary/aromatic N) is 5. The van der Waals surface area contributed by atoms with E-state index in [0.29, 0.717) is 37.1 Å². The van der Waals surface area contributed by atoms with E-state index < -0.39 is 21.7 Å². The number of ether oxygens (including phenoxy) is 1. The van der Waals surface area contributed by atoms with Gasteiger partial charge in [-0.1, -0.05) is 24.4 Å². The zero-order valence-corrected chi connectivity index (χ0v) is 21.8. The molecular formula is C21H33ClN8O4S. The number of hydrogen-bond acceptors (Lipinski definition) is 9. The summed E-state index contributed by atoms with van der Waals surface area (Å²) in [5, 5.41) is 10.4. The van der Waals surface area contributed by atoms with Crippen LogP contribution in [0.3, 0.4) is 0 Å². The average Bonchev–Trinajstić information content (AvgIpc) is 3.46. The van der Waals surface area contributed by atoms with Crippen LogP contribution in [0.25, 0.3) is 5.65 Å². The molecule has 1 atom stereocenters. The fraction of sp³-hybridized carbons (Fsp3) is 0.714. The minimum absolute atomic E-state index is 0.0275. The standard InChI is InChI=1S/C21H33ClN8O4S/c1-21(2,3)34-20(31)24-15-8-10-29(13-15)19-25-17-12-16(22)27-30(17)18(26-19)23-9-11-35(32,33)28-14-6-4-5-7-14/h12,14-15,28H,4-11,13H2,1-3H3,(H,24,31)(H,23,25,26)/t15-/m0/s1. The van der Waals surface area contributed by atoms with Gasteiger partial charge in [-0.2, -0.15) is 19.6 Å². The maximum Gasteiger partial charge on any atom is 0.407 e. The molecule has 1 aliphatic carbocycles. The Labute approximate surface area is 210 Å². The molecule has 0 aromatic carbocycles. The van der Waals surface area contributed by atoms with Gasteiger partial charge >= 0.3 is 6.09 Å². The predicted octanol–water partition coefficient (Wildman–Crippen LogP) is 2.16. The fourth-order valence-corrected chi connectivity index (χ4v) is 5.70. The highest BCUT2D eigenvalue weighted by Gasteiger charge is 2.28. The van der Waals surface area contributed by atoms with Crippen molar-refractivity contribution < 1.29 is 17.9 Å². The van der Waals surface area contributed by atoms with Gasteiger partial charge in [0.15, 0.2) is 10.8 Å². The van der Waals surface area contributed by atoms with Crippen molar-refractivity contribution >= 4 is 45.3 Å². The number of hydrogen-bond donors (Lipinski definition) is 3. The average molecular weight is 529 g/mol. The first-order valence-electron chi connectivity index (χ1n) is 11.9. The second kappa shape index (κ2) is 10.3. The van der Waals surface area contributed by atoms with Crippen LogP contribution in [-0.4, -0.2) is 77.2 Å². The summed E-state index contributed by atoms with van der Waals surface area (Å²) in [6.07, 6.45) is 4.12. The number of carbonyl (C=O) groups excluding carboxylic acids is 1. The molecule has 2 aliphatic rings. The summed E-state index contributed by atoms with van der Waals surface area (Å²) in [7, 11) is -3.42. The topological polar surface area (TPSA) is 143 Å². The largest absolute Gasteiger partial charge is 0.444 e. The Kier molecular flexibility index (Phi) is 7.57. The van der Waals surface area contributed by atoms with Gasteiger partial charge in [0, 0.05) is 31.7 Å². The second-order valence-corrected chi connectivity index (χ2v) is 12.3. The number of nitrogens with one attached hydrogen (secondary N) is 3. The number of fused-ring (bicyclic) bond motifs is 1. The summed E-state index contributed by atoms with van der Waals surface area (Å²) in [5.74, 6) is 0.693. The molecule has 1 amide bonds. The van der Waals surface area contributed by atoms with Gasteiger partial charge in [0.25, 0.3) is 0 Å². The highest BCUT2D eigenvalue weighted by Crippen LogP contribution is 2.22. The van der Waals surface area contributed by atoms with E-state index in [1.54, 1.807) is 6.07 Å². The molecule has 0 bridgehead atoms. The molecule has 1 saturated carbocycles. The number of carbonyl (C=O) groups is 1. The summed E-state index contributed by atoms with van der Waals surface area (Å²) in [6.45, 7) is 6.75. The van der Waals surface area contributed by atoms with Crippen LogP contribution >= 0.6 is 11.6 Å².